The van der Waals surface area contributed by atoms with Gasteiger partial charge in [-0.05, 0) is 93.6 Å². The molecule has 24 heavy (non-hydrogen) atoms. The normalized spacial score (nSPS) is 10.8. The SMILES string of the molecule is CCCOc1ccc(C(=O)N/N=C/c2cc(I)c(O)c(I)c2)cc1. The third-order valence-electron chi connectivity index (χ3n) is 3.01. The topological polar surface area (TPSA) is 70.9 Å². The molecule has 5 nitrogen and oxygen atoms in total. The summed E-state index contributed by atoms with van der Waals surface area (Å²) in [6.45, 7) is 2.69. The third-order valence-corrected chi connectivity index (χ3v) is 4.65. The molecule has 0 aliphatic heterocycles. The van der Waals surface area contributed by atoms with Gasteiger partial charge >= 0.3 is 0 Å². The Labute approximate surface area is 167 Å². The number of phenolic OH excluding ortho intramolecular Hbond substituents is 1. The van der Waals surface area contributed by atoms with Gasteiger partial charge in [0.15, 0.2) is 0 Å². The summed E-state index contributed by atoms with van der Waals surface area (Å²) in [5, 5.41) is 13.7. The molecule has 0 aliphatic carbocycles. The van der Waals surface area contributed by atoms with Crippen LogP contribution in [0.1, 0.15) is 29.3 Å². The molecule has 0 fully saturated rings. The fraction of sp³-hybridized carbons (Fsp3) is 0.176. The van der Waals surface area contributed by atoms with Crippen molar-refractivity contribution in [1.29, 1.82) is 0 Å². The molecule has 2 rings (SSSR count). The molecule has 0 saturated heterocycles. The van der Waals surface area contributed by atoms with E-state index < -0.39 is 0 Å². The number of ether oxygens (including phenoxy) is 1. The second-order valence-electron chi connectivity index (χ2n) is 4.91. The van der Waals surface area contributed by atoms with Crippen LogP contribution >= 0.6 is 45.2 Å². The average molecular weight is 550 g/mol. The summed E-state index contributed by atoms with van der Waals surface area (Å²) < 4.78 is 6.94. The van der Waals surface area contributed by atoms with Crippen molar-refractivity contribution in [3.8, 4) is 11.5 Å². The standard InChI is InChI=1S/C17H16I2N2O3/c1-2-7-24-13-5-3-12(4-6-13)17(23)21-20-10-11-8-14(18)16(22)15(19)9-11/h3-6,8-10,22H,2,7H2,1H3,(H,21,23)/b20-10+. The van der Waals surface area contributed by atoms with Crippen molar-refractivity contribution in [2.75, 3.05) is 6.61 Å². The van der Waals surface area contributed by atoms with E-state index in [0.29, 0.717) is 12.2 Å². The van der Waals surface area contributed by atoms with Crippen LogP contribution in [0, 0.1) is 7.14 Å². The van der Waals surface area contributed by atoms with Crippen LogP contribution in [0.2, 0.25) is 0 Å². The van der Waals surface area contributed by atoms with Crippen molar-refractivity contribution in [2.45, 2.75) is 13.3 Å². The molecular weight excluding hydrogens is 534 g/mol. The number of nitrogens with zero attached hydrogens (tertiary/aromatic N) is 1. The minimum Gasteiger partial charge on any atom is -0.506 e. The Kier molecular flexibility index (Phi) is 7.28. The highest BCUT2D eigenvalue weighted by molar-refractivity contribution is 14.1. The molecule has 0 bridgehead atoms. The molecule has 2 aromatic rings. The van der Waals surface area contributed by atoms with Crippen molar-refractivity contribution in [2.24, 2.45) is 5.10 Å². The van der Waals surface area contributed by atoms with E-state index in [2.05, 4.69) is 10.5 Å². The lowest BCUT2D eigenvalue weighted by Crippen LogP contribution is -2.17. The van der Waals surface area contributed by atoms with Gasteiger partial charge in [-0.15, -0.1) is 0 Å². The second-order valence-corrected chi connectivity index (χ2v) is 7.23. The Bertz CT molecular complexity index is 723. The number of hydrazone groups is 1. The van der Waals surface area contributed by atoms with E-state index in [4.69, 9.17) is 4.74 Å². The van der Waals surface area contributed by atoms with Crippen LogP contribution in [-0.4, -0.2) is 23.8 Å². The fourth-order valence-corrected chi connectivity index (χ4v) is 3.63. The minimum atomic E-state index is -0.295. The zero-order valence-corrected chi connectivity index (χ0v) is 17.2. The molecule has 2 aromatic carbocycles. The van der Waals surface area contributed by atoms with Crippen molar-refractivity contribution in [3.63, 3.8) is 0 Å². The fourth-order valence-electron chi connectivity index (χ4n) is 1.81. The molecule has 0 unspecified atom stereocenters. The first-order chi connectivity index (χ1) is 11.5. The lowest BCUT2D eigenvalue weighted by molar-refractivity contribution is 0.0955. The number of hydrogen-bond donors (Lipinski definition) is 2. The largest absolute Gasteiger partial charge is 0.506 e. The third kappa shape index (κ3) is 5.33. The van der Waals surface area contributed by atoms with Gasteiger partial charge in [0.25, 0.3) is 5.91 Å². The Morgan fingerprint density at radius 1 is 1.25 bits per heavy atom. The predicted octanol–water partition coefficient (Wildman–Crippen LogP) is 4.15. The molecular formula is C17H16I2N2O3. The van der Waals surface area contributed by atoms with E-state index in [0.717, 1.165) is 24.9 Å². The molecule has 0 aliphatic rings. The van der Waals surface area contributed by atoms with Crippen molar-refractivity contribution in [3.05, 3.63) is 54.7 Å². The summed E-state index contributed by atoms with van der Waals surface area (Å²) in [5.74, 6) is 0.698. The zero-order chi connectivity index (χ0) is 17.5. The smallest absolute Gasteiger partial charge is 0.271 e. The van der Waals surface area contributed by atoms with E-state index >= 15 is 0 Å². The Balaban J connectivity index is 1.97. The second kappa shape index (κ2) is 9.21. The molecule has 0 saturated carbocycles. The van der Waals surface area contributed by atoms with Crippen molar-refractivity contribution in [1.82, 2.24) is 5.43 Å². The highest BCUT2D eigenvalue weighted by Crippen LogP contribution is 2.26. The summed E-state index contributed by atoms with van der Waals surface area (Å²) in [4.78, 5) is 12.0. The van der Waals surface area contributed by atoms with Crippen LogP contribution in [0.4, 0.5) is 0 Å². The van der Waals surface area contributed by atoms with Crippen molar-refractivity contribution < 1.29 is 14.6 Å². The number of aromatic hydroxyl groups is 1. The van der Waals surface area contributed by atoms with Crippen LogP contribution in [0.3, 0.4) is 0 Å². The van der Waals surface area contributed by atoms with Crippen LogP contribution < -0.4 is 10.2 Å². The number of nitrogens with one attached hydrogen (secondary N) is 1. The number of halogens is 2. The summed E-state index contributed by atoms with van der Waals surface area (Å²) in [7, 11) is 0. The van der Waals surface area contributed by atoms with Crippen molar-refractivity contribution >= 4 is 57.3 Å². The number of carbonyl (C=O) groups is 1. The Hall–Kier alpha value is -1.36. The highest BCUT2D eigenvalue weighted by atomic mass is 127. The maximum absolute atomic E-state index is 12.0. The minimum absolute atomic E-state index is 0.253. The number of carbonyl (C=O) groups excluding carboxylic acids is 1. The maximum atomic E-state index is 12.0. The van der Waals surface area contributed by atoms with Crippen LogP contribution in [0.25, 0.3) is 0 Å². The molecule has 0 heterocycles. The predicted molar refractivity (Wildman–Crippen MR) is 111 cm³/mol. The molecule has 0 atom stereocenters. The van der Waals surface area contributed by atoms with Gasteiger partial charge in [-0.3, -0.25) is 4.79 Å². The van der Waals surface area contributed by atoms with Gasteiger partial charge in [0.2, 0.25) is 0 Å². The van der Waals surface area contributed by atoms with E-state index in [-0.39, 0.29) is 11.7 Å². The highest BCUT2D eigenvalue weighted by Gasteiger charge is 2.06. The quantitative estimate of drug-likeness (QED) is 0.323. The summed E-state index contributed by atoms with van der Waals surface area (Å²) in [6, 6.07) is 10.5. The number of phenols is 1. The van der Waals surface area contributed by atoms with E-state index in [1.807, 2.05) is 52.1 Å². The molecule has 2 N–H and O–H groups in total. The number of amides is 1. The van der Waals surface area contributed by atoms with Crippen LogP contribution in [0.5, 0.6) is 11.5 Å². The number of benzene rings is 2. The molecule has 126 valence electrons. The monoisotopic (exact) mass is 550 g/mol. The average Bonchev–Trinajstić information content (AvgIpc) is 2.58. The van der Waals surface area contributed by atoms with Gasteiger partial charge in [0, 0.05) is 5.56 Å². The lowest BCUT2D eigenvalue weighted by Gasteiger charge is -2.05. The van der Waals surface area contributed by atoms with Gasteiger partial charge < -0.3 is 9.84 Å². The first-order valence-corrected chi connectivity index (χ1v) is 9.41. The zero-order valence-electron chi connectivity index (χ0n) is 12.9. The molecule has 0 spiro atoms. The van der Waals surface area contributed by atoms with Crippen LogP contribution in [0.15, 0.2) is 41.5 Å². The van der Waals surface area contributed by atoms with Crippen LogP contribution in [-0.2, 0) is 0 Å². The lowest BCUT2D eigenvalue weighted by atomic mass is 10.2. The van der Waals surface area contributed by atoms with E-state index in [9.17, 15) is 9.90 Å². The number of hydrogen-bond acceptors (Lipinski definition) is 4. The van der Waals surface area contributed by atoms with E-state index in [1.165, 1.54) is 0 Å². The maximum Gasteiger partial charge on any atom is 0.271 e. The van der Waals surface area contributed by atoms with Gasteiger partial charge in [-0.25, -0.2) is 5.43 Å². The molecule has 7 heteroatoms. The Morgan fingerprint density at radius 2 is 1.88 bits per heavy atom. The summed E-state index contributed by atoms with van der Waals surface area (Å²) in [6.07, 6.45) is 2.48. The first-order valence-electron chi connectivity index (χ1n) is 7.25. The summed E-state index contributed by atoms with van der Waals surface area (Å²) in [5.41, 5.74) is 3.79. The van der Waals surface area contributed by atoms with E-state index in [1.54, 1.807) is 42.6 Å². The molecule has 1 amide bonds. The number of rotatable bonds is 6. The van der Waals surface area contributed by atoms with Gasteiger partial charge in [0.1, 0.15) is 11.5 Å². The summed E-state index contributed by atoms with van der Waals surface area (Å²) >= 11 is 4.09. The van der Waals surface area contributed by atoms with Gasteiger partial charge in [0.05, 0.1) is 20.0 Å². The van der Waals surface area contributed by atoms with Gasteiger partial charge in [-0.2, -0.15) is 5.10 Å². The molecule has 0 aromatic heterocycles. The molecule has 0 radical (unpaired) electrons. The first kappa shape index (κ1) is 19.0. The Morgan fingerprint density at radius 3 is 2.46 bits per heavy atom. The van der Waals surface area contributed by atoms with Gasteiger partial charge in [-0.1, -0.05) is 6.92 Å².